The zero-order valence-corrected chi connectivity index (χ0v) is 8.30. The molecule has 0 aliphatic heterocycles. The Morgan fingerprint density at radius 1 is 1.36 bits per heavy atom. The molecular weight excluding hydrogens is 134 g/mol. The first-order valence-corrected chi connectivity index (χ1v) is 4.79. The summed E-state index contributed by atoms with van der Waals surface area (Å²) < 4.78 is 0. The summed E-state index contributed by atoms with van der Waals surface area (Å²) in [5.41, 5.74) is 0. The van der Waals surface area contributed by atoms with Crippen LogP contribution in [0.3, 0.4) is 0 Å². The van der Waals surface area contributed by atoms with Crippen LogP contribution in [0.4, 0.5) is 0 Å². The van der Waals surface area contributed by atoms with Crippen LogP contribution in [0.15, 0.2) is 0 Å². The number of hydrogen-bond donors (Lipinski definition) is 0. The van der Waals surface area contributed by atoms with Crippen LogP contribution < -0.4 is 0 Å². The molecule has 11 heavy (non-hydrogen) atoms. The van der Waals surface area contributed by atoms with Gasteiger partial charge in [0.1, 0.15) is 0 Å². The SMILES string of the molecule is CC1CC(CN(C)C(C)C)C1. The first-order chi connectivity index (χ1) is 5.09. The van der Waals surface area contributed by atoms with Gasteiger partial charge in [-0.3, -0.25) is 0 Å². The summed E-state index contributed by atoms with van der Waals surface area (Å²) in [5, 5.41) is 0. The maximum atomic E-state index is 2.45. The Labute approximate surface area is 70.8 Å². The van der Waals surface area contributed by atoms with E-state index < -0.39 is 0 Å². The second-order valence-corrected chi connectivity index (χ2v) is 4.48. The zero-order chi connectivity index (χ0) is 8.43. The van der Waals surface area contributed by atoms with Crippen molar-refractivity contribution in [1.29, 1.82) is 0 Å². The molecule has 1 rings (SSSR count). The average molecular weight is 155 g/mol. The lowest BCUT2D eigenvalue weighted by Crippen LogP contribution is -2.36. The fourth-order valence-electron chi connectivity index (χ4n) is 1.84. The van der Waals surface area contributed by atoms with Gasteiger partial charge >= 0.3 is 0 Å². The summed E-state index contributed by atoms with van der Waals surface area (Å²) in [7, 11) is 2.23. The normalized spacial score (nSPS) is 31.1. The minimum atomic E-state index is 0.714. The monoisotopic (exact) mass is 155 g/mol. The molecule has 0 amide bonds. The topological polar surface area (TPSA) is 3.24 Å². The van der Waals surface area contributed by atoms with Gasteiger partial charge < -0.3 is 4.90 Å². The van der Waals surface area contributed by atoms with Gasteiger partial charge in [-0.25, -0.2) is 0 Å². The van der Waals surface area contributed by atoms with E-state index in [1.54, 1.807) is 0 Å². The van der Waals surface area contributed by atoms with E-state index in [4.69, 9.17) is 0 Å². The van der Waals surface area contributed by atoms with E-state index in [0.717, 1.165) is 11.8 Å². The highest BCUT2D eigenvalue weighted by molar-refractivity contribution is 4.78. The zero-order valence-electron chi connectivity index (χ0n) is 8.30. The molecule has 1 nitrogen and oxygen atoms in total. The molecule has 0 radical (unpaired) electrons. The van der Waals surface area contributed by atoms with Gasteiger partial charge in [-0.1, -0.05) is 6.92 Å². The number of hydrogen-bond acceptors (Lipinski definition) is 1. The highest BCUT2D eigenvalue weighted by atomic mass is 15.1. The van der Waals surface area contributed by atoms with Gasteiger partial charge in [0.15, 0.2) is 0 Å². The van der Waals surface area contributed by atoms with Crippen LogP contribution in [0.2, 0.25) is 0 Å². The van der Waals surface area contributed by atoms with Crippen molar-refractivity contribution in [2.24, 2.45) is 11.8 Å². The van der Waals surface area contributed by atoms with E-state index in [0.29, 0.717) is 6.04 Å². The van der Waals surface area contributed by atoms with E-state index >= 15 is 0 Å². The number of rotatable bonds is 3. The fraction of sp³-hybridized carbons (Fsp3) is 1.00. The molecule has 0 aromatic heterocycles. The van der Waals surface area contributed by atoms with E-state index in [-0.39, 0.29) is 0 Å². The molecule has 0 N–H and O–H groups in total. The van der Waals surface area contributed by atoms with E-state index in [9.17, 15) is 0 Å². The second kappa shape index (κ2) is 3.57. The minimum Gasteiger partial charge on any atom is -0.304 e. The molecular formula is C10H21N. The van der Waals surface area contributed by atoms with Crippen molar-refractivity contribution >= 4 is 0 Å². The van der Waals surface area contributed by atoms with Gasteiger partial charge in [-0.05, 0) is 45.6 Å². The number of nitrogens with zero attached hydrogens (tertiary/aromatic N) is 1. The van der Waals surface area contributed by atoms with Crippen molar-refractivity contribution in [2.45, 2.75) is 39.7 Å². The Bertz CT molecular complexity index is 114. The molecule has 1 aliphatic carbocycles. The Kier molecular flexibility index (Phi) is 2.94. The third-order valence-electron chi connectivity index (χ3n) is 2.90. The third kappa shape index (κ3) is 2.48. The molecule has 0 atom stereocenters. The Balaban J connectivity index is 2.11. The largest absolute Gasteiger partial charge is 0.304 e. The molecule has 0 unspecified atom stereocenters. The average Bonchev–Trinajstić information content (AvgIpc) is 1.84. The quantitative estimate of drug-likeness (QED) is 0.605. The third-order valence-corrected chi connectivity index (χ3v) is 2.90. The van der Waals surface area contributed by atoms with E-state index in [1.165, 1.54) is 19.4 Å². The van der Waals surface area contributed by atoms with E-state index in [1.807, 2.05) is 0 Å². The van der Waals surface area contributed by atoms with Crippen LogP contribution in [0, 0.1) is 11.8 Å². The Morgan fingerprint density at radius 2 is 1.91 bits per heavy atom. The fourth-order valence-corrected chi connectivity index (χ4v) is 1.84. The molecule has 1 aliphatic rings. The van der Waals surface area contributed by atoms with Crippen LogP contribution in [0.5, 0.6) is 0 Å². The summed E-state index contributed by atoms with van der Waals surface area (Å²) in [5.74, 6) is 2.00. The lowest BCUT2D eigenvalue weighted by Gasteiger charge is -2.36. The summed E-state index contributed by atoms with van der Waals surface area (Å²) >= 11 is 0. The predicted molar refractivity (Wildman–Crippen MR) is 49.7 cm³/mol. The lowest BCUT2D eigenvalue weighted by atomic mass is 9.76. The molecule has 66 valence electrons. The van der Waals surface area contributed by atoms with Gasteiger partial charge in [0.25, 0.3) is 0 Å². The standard InChI is InChI=1S/C10H21N/c1-8(2)11(4)7-10-5-9(3)6-10/h8-10H,5-7H2,1-4H3. The van der Waals surface area contributed by atoms with Crippen molar-refractivity contribution in [3.8, 4) is 0 Å². The van der Waals surface area contributed by atoms with Gasteiger partial charge in [0.05, 0.1) is 0 Å². The van der Waals surface area contributed by atoms with Crippen LogP contribution in [0.1, 0.15) is 33.6 Å². The highest BCUT2D eigenvalue weighted by Gasteiger charge is 2.26. The van der Waals surface area contributed by atoms with Crippen LogP contribution in [0.25, 0.3) is 0 Å². The van der Waals surface area contributed by atoms with Crippen molar-refractivity contribution in [1.82, 2.24) is 4.90 Å². The molecule has 0 spiro atoms. The Morgan fingerprint density at radius 3 is 2.27 bits per heavy atom. The molecule has 0 aromatic rings. The maximum absolute atomic E-state index is 2.45. The molecule has 1 saturated carbocycles. The van der Waals surface area contributed by atoms with Crippen molar-refractivity contribution in [3.63, 3.8) is 0 Å². The van der Waals surface area contributed by atoms with Crippen molar-refractivity contribution in [3.05, 3.63) is 0 Å². The van der Waals surface area contributed by atoms with Gasteiger partial charge in [0.2, 0.25) is 0 Å². The van der Waals surface area contributed by atoms with Crippen LogP contribution in [-0.2, 0) is 0 Å². The molecule has 0 aromatic carbocycles. The van der Waals surface area contributed by atoms with Gasteiger partial charge in [-0.2, -0.15) is 0 Å². The summed E-state index contributed by atoms with van der Waals surface area (Å²) in [4.78, 5) is 2.45. The minimum absolute atomic E-state index is 0.714. The van der Waals surface area contributed by atoms with Crippen LogP contribution in [-0.4, -0.2) is 24.5 Å². The maximum Gasteiger partial charge on any atom is 0.00356 e. The summed E-state index contributed by atoms with van der Waals surface area (Å²) in [6, 6.07) is 0.714. The molecule has 1 fully saturated rings. The van der Waals surface area contributed by atoms with Crippen LogP contribution >= 0.6 is 0 Å². The first kappa shape index (κ1) is 9.05. The van der Waals surface area contributed by atoms with Crippen molar-refractivity contribution < 1.29 is 0 Å². The molecule has 0 heterocycles. The summed E-state index contributed by atoms with van der Waals surface area (Å²) in [6.45, 7) is 8.19. The smallest absolute Gasteiger partial charge is 0.00356 e. The van der Waals surface area contributed by atoms with Crippen molar-refractivity contribution in [2.75, 3.05) is 13.6 Å². The highest BCUT2D eigenvalue weighted by Crippen LogP contribution is 2.33. The van der Waals surface area contributed by atoms with Gasteiger partial charge in [0, 0.05) is 12.6 Å². The molecule has 0 bridgehead atoms. The molecule has 1 heteroatoms. The molecule has 0 saturated heterocycles. The van der Waals surface area contributed by atoms with Gasteiger partial charge in [-0.15, -0.1) is 0 Å². The predicted octanol–water partition coefficient (Wildman–Crippen LogP) is 2.37. The Hall–Kier alpha value is -0.0400. The lowest BCUT2D eigenvalue weighted by molar-refractivity contribution is 0.133. The summed E-state index contributed by atoms with van der Waals surface area (Å²) in [6.07, 6.45) is 2.91. The second-order valence-electron chi connectivity index (χ2n) is 4.48. The van der Waals surface area contributed by atoms with E-state index in [2.05, 4.69) is 32.7 Å². The first-order valence-electron chi connectivity index (χ1n) is 4.79.